The average Bonchev–Trinajstić information content (AvgIpc) is 2.41. The second kappa shape index (κ2) is 9.88. The molecule has 0 spiro atoms. The Kier molecular flexibility index (Phi) is 8.46. The van der Waals surface area contributed by atoms with Crippen molar-refractivity contribution in [2.75, 3.05) is 13.1 Å². The largest absolute Gasteiger partial charge is 0.328 e. The Balaban J connectivity index is 2.19. The second-order valence-electron chi connectivity index (χ2n) is 5.70. The molecular formula is C16H30N4. The van der Waals surface area contributed by atoms with Crippen LogP contribution in [0, 0.1) is 0 Å². The summed E-state index contributed by atoms with van der Waals surface area (Å²) >= 11 is 0. The Morgan fingerprint density at radius 2 is 1.15 bits per heavy atom. The van der Waals surface area contributed by atoms with Crippen LogP contribution in [0.25, 0.3) is 0 Å². The molecule has 0 bridgehead atoms. The van der Waals surface area contributed by atoms with Gasteiger partial charge in [-0.25, -0.2) is 0 Å². The maximum absolute atomic E-state index is 5.71. The van der Waals surface area contributed by atoms with Crippen molar-refractivity contribution in [1.82, 2.24) is 10.6 Å². The maximum Gasteiger partial charge on any atom is 0.0205 e. The van der Waals surface area contributed by atoms with Gasteiger partial charge in [0.05, 0.1) is 0 Å². The zero-order valence-electron chi connectivity index (χ0n) is 12.9. The number of nitrogens with two attached hydrogens (primary N) is 2. The molecule has 0 aliphatic heterocycles. The van der Waals surface area contributed by atoms with Crippen LogP contribution >= 0.6 is 0 Å². The molecule has 114 valence electrons. The predicted molar refractivity (Wildman–Crippen MR) is 86.4 cm³/mol. The zero-order chi connectivity index (χ0) is 14.8. The van der Waals surface area contributed by atoms with Crippen LogP contribution in [0.5, 0.6) is 0 Å². The Labute approximate surface area is 123 Å². The SMILES string of the molecule is CC(N)CCNCc1ccc(CNCCC(C)N)cc1. The van der Waals surface area contributed by atoms with Gasteiger partial charge in [-0.15, -0.1) is 0 Å². The van der Waals surface area contributed by atoms with Gasteiger partial charge in [0.25, 0.3) is 0 Å². The zero-order valence-corrected chi connectivity index (χ0v) is 12.9. The quantitative estimate of drug-likeness (QED) is 0.487. The summed E-state index contributed by atoms with van der Waals surface area (Å²) in [7, 11) is 0. The lowest BCUT2D eigenvalue weighted by molar-refractivity contribution is 0.586. The molecule has 4 nitrogen and oxygen atoms in total. The van der Waals surface area contributed by atoms with Gasteiger partial charge in [0.1, 0.15) is 0 Å². The first-order chi connectivity index (χ1) is 9.58. The molecule has 0 heterocycles. The van der Waals surface area contributed by atoms with E-state index in [1.54, 1.807) is 0 Å². The smallest absolute Gasteiger partial charge is 0.0205 e. The van der Waals surface area contributed by atoms with Crippen molar-refractivity contribution < 1.29 is 0 Å². The highest BCUT2D eigenvalue weighted by Crippen LogP contribution is 2.04. The summed E-state index contributed by atoms with van der Waals surface area (Å²) in [5.74, 6) is 0. The van der Waals surface area contributed by atoms with E-state index < -0.39 is 0 Å². The summed E-state index contributed by atoms with van der Waals surface area (Å²) in [6.45, 7) is 7.83. The number of hydrogen-bond acceptors (Lipinski definition) is 4. The topological polar surface area (TPSA) is 76.1 Å². The maximum atomic E-state index is 5.71. The van der Waals surface area contributed by atoms with Gasteiger partial charge in [0.2, 0.25) is 0 Å². The molecule has 1 rings (SSSR count). The van der Waals surface area contributed by atoms with Crippen LogP contribution in [-0.4, -0.2) is 25.2 Å². The third-order valence-corrected chi connectivity index (χ3v) is 3.23. The van der Waals surface area contributed by atoms with E-state index in [1.165, 1.54) is 11.1 Å². The summed E-state index contributed by atoms with van der Waals surface area (Å²) in [6, 6.07) is 9.27. The van der Waals surface area contributed by atoms with E-state index in [0.29, 0.717) is 0 Å². The highest BCUT2D eigenvalue weighted by molar-refractivity contribution is 5.22. The summed E-state index contributed by atoms with van der Waals surface area (Å²) in [6.07, 6.45) is 2.03. The Bertz CT molecular complexity index is 311. The van der Waals surface area contributed by atoms with Crippen LogP contribution in [0.1, 0.15) is 37.8 Å². The molecule has 0 aliphatic carbocycles. The van der Waals surface area contributed by atoms with Crippen molar-refractivity contribution in [3.05, 3.63) is 35.4 Å². The molecule has 0 amide bonds. The first-order valence-corrected chi connectivity index (χ1v) is 7.58. The van der Waals surface area contributed by atoms with Crippen LogP contribution in [0.2, 0.25) is 0 Å². The average molecular weight is 278 g/mol. The number of benzene rings is 1. The van der Waals surface area contributed by atoms with Gasteiger partial charge >= 0.3 is 0 Å². The fourth-order valence-electron chi connectivity index (χ4n) is 1.90. The highest BCUT2D eigenvalue weighted by atomic mass is 14.9. The van der Waals surface area contributed by atoms with E-state index in [4.69, 9.17) is 11.5 Å². The molecule has 0 fully saturated rings. The molecule has 0 aromatic heterocycles. The van der Waals surface area contributed by atoms with Crippen molar-refractivity contribution in [2.24, 2.45) is 11.5 Å². The number of hydrogen-bond donors (Lipinski definition) is 4. The van der Waals surface area contributed by atoms with E-state index in [0.717, 1.165) is 39.0 Å². The lowest BCUT2D eigenvalue weighted by atomic mass is 10.1. The van der Waals surface area contributed by atoms with Crippen LogP contribution in [0.15, 0.2) is 24.3 Å². The molecule has 0 saturated carbocycles. The fraction of sp³-hybridized carbons (Fsp3) is 0.625. The normalized spacial score (nSPS) is 14.2. The van der Waals surface area contributed by atoms with Gasteiger partial charge in [-0.3, -0.25) is 0 Å². The van der Waals surface area contributed by atoms with Crippen molar-refractivity contribution in [3.8, 4) is 0 Å². The molecule has 6 N–H and O–H groups in total. The minimum atomic E-state index is 0.271. The van der Waals surface area contributed by atoms with Gasteiger partial charge < -0.3 is 22.1 Å². The van der Waals surface area contributed by atoms with E-state index in [-0.39, 0.29) is 12.1 Å². The van der Waals surface area contributed by atoms with Gasteiger partial charge in [-0.1, -0.05) is 24.3 Å². The van der Waals surface area contributed by atoms with Crippen molar-refractivity contribution in [1.29, 1.82) is 0 Å². The summed E-state index contributed by atoms with van der Waals surface area (Å²) in [5.41, 5.74) is 14.1. The monoisotopic (exact) mass is 278 g/mol. The number of nitrogens with one attached hydrogen (secondary N) is 2. The van der Waals surface area contributed by atoms with Gasteiger partial charge in [-0.2, -0.15) is 0 Å². The molecule has 0 radical (unpaired) electrons. The first-order valence-electron chi connectivity index (χ1n) is 7.58. The Morgan fingerprint density at radius 1 is 0.800 bits per heavy atom. The third-order valence-electron chi connectivity index (χ3n) is 3.23. The minimum Gasteiger partial charge on any atom is -0.328 e. The lowest BCUT2D eigenvalue weighted by Gasteiger charge is -2.09. The van der Waals surface area contributed by atoms with Crippen molar-refractivity contribution >= 4 is 0 Å². The van der Waals surface area contributed by atoms with Crippen LogP contribution < -0.4 is 22.1 Å². The Hall–Kier alpha value is -0.940. The lowest BCUT2D eigenvalue weighted by Crippen LogP contribution is -2.24. The van der Waals surface area contributed by atoms with E-state index in [9.17, 15) is 0 Å². The molecule has 4 heteroatoms. The number of rotatable bonds is 10. The van der Waals surface area contributed by atoms with Gasteiger partial charge in [0.15, 0.2) is 0 Å². The molecule has 1 aromatic carbocycles. The standard InChI is InChI=1S/C16H30N4/c1-13(17)7-9-19-11-15-3-5-16(6-4-15)12-20-10-8-14(2)18/h3-6,13-14,19-20H,7-12,17-18H2,1-2H3. The molecular weight excluding hydrogens is 248 g/mol. The molecule has 0 saturated heterocycles. The minimum absolute atomic E-state index is 0.271. The third kappa shape index (κ3) is 8.27. The van der Waals surface area contributed by atoms with Crippen LogP contribution in [0.4, 0.5) is 0 Å². The van der Waals surface area contributed by atoms with Crippen molar-refractivity contribution in [2.45, 2.75) is 51.9 Å². The van der Waals surface area contributed by atoms with Gasteiger partial charge in [0, 0.05) is 25.2 Å². The highest BCUT2D eigenvalue weighted by Gasteiger charge is 1.97. The second-order valence-corrected chi connectivity index (χ2v) is 5.70. The predicted octanol–water partition coefficient (Wildman–Crippen LogP) is 1.34. The molecule has 20 heavy (non-hydrogen) atoms. The molecule has 2 unspecified atom stereocenters. The van der Waals surface area contributed by atoms with Gasteiger partial charge in [-0.05, 0) is 50.9 Å². The van der Waals surface area contributed by atoms with Crippen LogP contribution in [0.3, 0.4) is 0 Å². The van der Waals surface area contributed by atoms with E-state index in [1.807, 2.05) is 13.8 Å². The molecule has 2 atom stereocenters. The first kappa shape index (κ1) is 17.1. The van der Waals surface area contributed by atoms with Crippen LogP contribution in [-0.2, 0) is 13.1 Å². The summed E-state index contributed by atoms with van der Waals surface area (Å²) in [5, 5.41) is 6.82. The molecule has 1 aromatic rings. The molecule has 0 aliphatic rings. The summed E-state index contributed by atoms with van der Waals surface area (Å²) in [4.78, 5) is 0. The Morgan fingerprint density at radius 3 is 1.45 bits per heavy atom. The summed E-state index contributed by atoms with van der Waals surface area (Å²) < 4.78 is 0. The van der Waals surface area contributed by atoms with E-state index in [2.05, 4.69) is 34.9 Å². The van der Waals surface area contributed by atoms with E-state index >= 15 is 0 Å². The van der Waals surface area contributed by atoms with Crippen molar-refractivity contribution in [3.63, 3.8) is 0 Å². The fourth-order valence-corrected chi connectivity index (χ4v) is 1.90.